The lowest BCUT2D eigenvalue weighted by Gasteiger charge is -2.18. The number of ether oxygens (including phenoxy) is 2. The van der Waals surface area contributed by atoms with E-state index < -0.39 is 11.7 Å². The molecule has 0 bridgehead atoms. The maximum Gasteiger partial charge on any atom is 0.413 e. The van der Waals surface area contributed by atoms with Gasteiger partial charge in [0.2, 0.25) is 5.88 Å². The first-order valence-electron chi connectivity index (χ1n) is 9.56. The molecular formula is C22H21N5O4S. The molecule has 1 aromatic carbocycles. The second-order valence-electron chi connectivity index (χ2n) is 7.64. The summed E-state index contributed by atoms with van der Waals surface area (Å²) in [6.07, 6.45) is 0.790. The minimum absolute atomic E-state index is 0.278. The molecule has 9 nitrogen and oxygen atoms in total. The van der Waals surface area contributed by atoms with Crippen LogP contribution in [0.3, 0.4) is 0 Å². The van der Waals surface area contributed by atoms with E-state index in [1.807, 2.05) is 6.07 Å². The van der Waals surface area contributed by atoms with Gasteiger partial charge in [0.1, 0.15) is 22.3 Å². The van der Waals surface area contributed by atoms with Crippen LogP contribution >= 0.6 is 11.3 Å². The molecule has 3 aromatic rings. The molecule has 0 radical (unpaired) electrons. The summed E-state index contributed by atoms with van der Waals surface area (Å²) in [6.45, 7) is 6.97. The third kappa shape index (κ3) is 6.26. The van der Waals surface area contributed by atoms with Crippen molar-refractivity contribution < 1.29 is 19.1 Å². The summed E-state index contributed by atoms with van der Waals surface area (Å²) in [4.78, 5) is 33.2. The molecule has 164 valence electrons. The molecule has 2 heterocycles. The van der Waals surface area contributed by atoms with E-state index in [-0.39, 0.29) is 11.0 Å². The van der Waals surface area contributed by atoms with Crippen LogP contribution in [0.5, 0.6) is 11.6 Å². The van der Waals surface area contributed by atoms with E-state index in [2.05, 4.69) is 20.6 Å². The minimum Gasteiger partial charge on any atom is -0.444 e. The number of aryl methyl sites for hydroxylation is 1. The van der Waals surface area contributed by atoms with Crippen LogP contribution in [0.25, 0.3) is 0 Å². The van der Waals surface area contributed by atoms with Gasteiger partial charge < -0.3 is 14.8 Å². The number of rotatable bonds is 5. The van der Waals surface area contributed by atoms with Crippen molar-refractivity contribution >= 4 is 34.2 Å². The lowest BCUT2D eigenvalue weighted by atomic mass is 10.2. The molecule has 2 amide bonds. The number of aromatic nitrogens is 2. The number of benzene rings is 1. The Labute approximate surface area is 189 Å². The predicted molar refractivity (Wildman–Crippen MR) is 120 cm³/mol. The van der Waals surface area contributed by atoms with E-state index in [4.69, 9.17) is 14.7 Å². The summed E-state index contributed by atoms with van der Waals surface area (Å²) in [6, 6.07) is 11.9. The Kier molecular flexibility index (Phi) is 6.70. The number of carbonyl (C=O) groups excluding carboxylic acids is 2. The van der Waals surface area contributed by atoms with Crippen molar-refractivity contribution in [2.45, 2.75) is 33.3 Å². The summed E-state index contributed by atoms with van der Waals surface area (Å²) >= 11 is 1.06. The number of nitrogens with one attached hydrogen (secondary N) is 2. The maximum atomic E-state index is 12.6. The fraction of sp³-hybridized carbons (Fsp3) is 0.227. The fourth-order valence-corrected chi connectivity index (χ4v) is 3.32. The second kappa shape index (κ2) is 9.45. The van der Waals surface area contributed by atoms with Crippen molar-refractivity contribution in [1.29, 1.82) is 5.26 Å². The van der Waals surface area contributed by atoms with Gasteiger partial charge in [0.15, 0.2) is 5.13 Å². The number of hydrogen-bond acceptors (Lipinski definition) is 8. The Morgan fingerprint density at radius 2 is 1.81 bits per heavy atom. The zero-order chi connectivity index (χ0) is 23.3. The largest absolute Gasteiger partial charge is 0.444 e. The van der Waals surface area contributed by atoms with Crippen molar-refractivity contribution in [2.75, 3.05) is 10.6 Å². The van der Waals surface area contributed by atoms with Crippen molar-refractivity contribution in [2.24, 2.45) is 0 Å². The molecule has 3 rings (SSSR count). The van der Waals surface area contributed by atoms with Crippen LogP contribution in [0.15, 0.2) is 42.6 Å². The van der Waals surface area contributed by atoms with Crippen molar-refractivity contribution in [3.05, 3.63) is 58.7 Å². The molecule has 2 N–H and O–H groups in total. The first-order valence-corrected chi connectivity index (χ1v) is 10.4. The van der Waals surface area contributed by atoms with Crippen molar-refractivity contribution in [3.8, 4) is 17.7 Å². The number of carbonyl (C=O) groups is 2. The Balaban J connectivity index is 1.61. The predicted octanol–water partition coefficient (Wildman–Crippen LogP) is 5.11. The number of hydrogen-bond donors (Lipinski definition) is 2. The lowest BCUT2D eigenvalue weighted by molar-refractivity contribution is 0.0635. The van der Waals surface area contributed by atoms with Gasteiger partial charge in [0.05, 0.1) is 11.3 Å². The summed E-state index contributed by atoms with van der Waals surface area (Å²) in [5.41, 5.74) is 0.857. The first kappa shape index (κ1) is 22.7. The van der Waals surface area contributed by atoms with Gasteiger partial charge in [-0.15, -0.1) is 0 Å². The van der Waals surface area contributed by atoms with Crippen LogP contribution < -0.4 is 15.4 Å². The Morgan fingerprint density at radius 1 is 1.09 bits per heavy atom. The Morgan fingerprint density at radius 3 is 2.41 bits per heavy atom. The fourth-order valence-electron chi connectivity index (χ4n) is 2.47. The molecule has 0 aliphatic carbocycles. The highest BCUT2D eigenvalue weighted by Crippen LogP contribution is 2.26. The van der Waals surface area contributed by atoms with E-state index in [0.717, 1.165) is 11.3 Å². The zero-order valence-corrected chi connectivity index (χ0v) is 18.7. The Bertz CT molecular complexity index is 1160. The lowest BCUT2D eigenvalue weighted by Crippen LogP contribution is -2.27. The van der Waals surface area contributed by atoms with Crippen molar-refractivity contribution in [3.63, 3.8) is 0 Å². The number of amides is 2. The van der Waals surface area contributed by atoms with E-state index in [1.165, 1.54) is 6.20 Å². The van der Waals surface area contributed by atoms with Gasteiger partial charge in [-0.25, -0.2) is 14.8 Å². The average molecular weight is 452 g/mol. The summed E-state index contributed by atoms with van der Waals surface area (Å²) in [5.74, 6) is 0.531. The SMILES string of the molecule is Cc1nc(NC(=O)OC(C)(C)C)sc1C(=O)Nc1ccc(Oc2ccc(C#N)cn2)cc1. The van der Waals surface area contributed by atoms with Gasteiger partial charge in [0.25, 0.3) is 5.91 Å². The molecule has 0 spiro atoms. The summed E-state index contributed by atoms with van der Waals surface area (Å²) in [7, 11) is 0. The first-order chi connectivity index (χ1) is 15.1. The third-order valence-electron chi connectivity index (χ3n) is 3.81. The molecule has 10 heteroatoms. The van der Waals surface area contributed by atoms with Gasteiger partial charge in [-0.1, -0.05) is 11.3 Å². The maximum absolute atomic E-state index is 12.6. The van der Waals surface area contributed by atoms with Gasteiger partial charge in [-0.2, -0.15) is 5.26 Å². The van der Waals surface area contributed by atoms with Crippen LogP contribution in [0.1, 0.15) is 41.7 Å². The Hall–Kier alpha value is -3.97. The number of pyridine rings is 1. The third-order valence-corrected chi connectivity index (χ3v) is 4.88. The van der Waals surface area contributed by atoms with Crippen LogP contribution in [-0.4, -0.2) is 27.6 Å². The molecule has 0 saturated heterocycles. The standard InChI is InChI=1S/C22H21N5O4S/c1-13-18(32-20(25-13)27-21(29)31-22(2,3)4)19(28)26-15-6-8-16(9-7-15)30-17-10-5-14(11-23)12-24-17/h5-10,12H,1-4H3,(H,26,28)(H,25,27,29). The van der Waals surface area contributed by atoms with E-state index in [1.54, 1.807) is 64.1 Å². The van der Waals surface area contributed by atoms with Crippen LogP contribution in [0.4, 0.5) is 15.6 Å². The molecule has 0 aliphatic heterocycles. The van der Waals surface area contributed by atoms with Crippen LogP contribution in [0.2, 0.25) is 0 Å². The molecule has 32 heavy (non-hydrogen) atoms. The van der Waals surface area contributed by atoms with E-state index in [9.17, 15) is 9.59 Å². The molecule has 0 fully saturated rings. The van der Waals surface area contributed by atoms with Crippen LogP contribution in [-0.2, 0) is 4.74 Å². The molecule has 0 saturated carbocycles. The molecule has 2 aromatic heterocycles. The average Bonchev–Trinajstić information content (AvgIpc) is 3.08. The quantitative estimate of drug-likeness (QED) is 0.552. The summed E-state index contributed by atoms with van der Waals surface area (Å²) < 4.78 is 10.8. The van der Waals surface area contributed by atoms with Gasteiger partial charge in [-0.05, 0) is 58.0 Å². The van der Waals surface area contributed by atoms with Gasteiger partial charge >= 0.3 is 6.09 Å². The van der Waals surface area contributed by atoms with Crippen molar-refractivity contribution in [1.82, 2.24) is 9.97 Å². The highest BCUT2D eigenvalue weighted by Gasteiger charge is 2.20. The highest BCUT2D eigenvalue weighted by molar-refractivity contribution is 7.17. The van der Waals surface area contributed by atoms with Crippen LogP contribution in [0, 0.1) is 18.3 Å². The smallest absolute Gasteiger partial charge is 0.413 e. The molecule has 0 aliphatic rings. The number of nitriles is 1. The monoisotopic (exact) mass is 451 g/mol. The van der Waals surface area contributed by atoms with Gasteiger partial charge in [0, 0.05) is 18.0 Å². The van der Waals surface area contributed by atoms with E-state index in [0.29, 0.717) is 33.5 Å². The molecule has 0 unspecified atom stereocenters. The second-order valence-corrected chi connectivity index (χ2v) is 8.64. The van der Waals surface area contributed by atoms with E-state index >= 15 is 0 Å². The number of thiazole rings is 1. The summed E-state index contributed by atoms with van der Waals surface area (Å²) in [5, 5.41) is 14.4. The molecular weight excluding hydrogens is 430 g/mol. The zero-order valence-electron chi connectivity index (χ0n) is 17.9. The number of anilines is 2. The normalized spacial score (nSPS) is 10.7. The molecule has 0 atom stereocenters. The minimum atomic E-state index is -0.636. The number of nitrogens with zero attached hydrogens (tertiary/aromatic N) is 3. The topological polar surface area (TPSA) is 126 Å². The highest BCUT2D eigenvalue weighted by atomic mass is 32.1. The van der Waals surface area contributed by atoms with Gasteiger partial charge in [-0.3, -0.25) is 10.1 Å².